The van der Waals surface area contributed by atoms with Crippen LogP contribution in [0.5, 0.6) is 0 Å². The molecular formula is C33H24F2O4Ti. The van der Waals surface area contributed by atoms with Gasteiger partial charge in [-0.3, -0.25) is 0 Å². The minimum absolute atomic E-state index is 0.101. The molecule has 4 aromatic carbocycles. The molecule has 40 heavy (non-hydrogen) atoms. The topological polar surface area (TPSA) is 52.6 Å². The van der Waals surface area contributed by atoms with Gasteiger partial charge in [0.05, 0.1) is 0 Å². The summed E-state index contributed by atoms with van der Waals surface area (Å²) in [7, 11) is 0. The second kappa shape index (κ2) is 9.74. The molecule has 0 spiro atoms. The first-order chi connectivity index (χ1) is 19.3. The van der Waals surface area contributed by atoms with Crippen molar-refractivity contribution in [1.29, 1.82) is 0 Å². The molecule has 0 saturated carbocycles. The number of allylic oxidation sites excluding steroid dienone is 4. The number of rotatable bonds is 6. The van der Waals surface area contributed by atoms with E-state index in [1.807, 2.05) is 66.8 Å². The quantitative estimate of drug-likeness (QED) is 0.225. The number of halogens is 2. The molecule has 0 saturated heterocycles. The number of carbonyl (C=O) groups excluding carboxylic acids is 2. The molecule has 0 aliphatic heterocycles. The van der Waals surface area contributed by atoms with Crippen molar-refractivity contribution in [3.05, 3.63) is 153 Å². The molecule has 0 N–H and O–H groups in total. The molecule has 0 amide bonds. The number of benzene rings is 4. The van der Waals surface area contributed by atoms with Crippen LogP contribution in [-0.4, -0.2) is 16.8 Å². The van der Waals surface area contributed by atoms with Gasteiger partial charge in [0.25, 0.3) is 0 Å². The molecule has 4 nitrogen and oxygen atoms in total. The van der Waals surface area contributed by atoms with E-state index < -0.39 is 43.4 Å². The first kappa shape index (κ1) is 26.0. The van der Waals surface area contributed by atoms with Gasteiger partial charge < -0.3 is 0 Å². The summed E-state index contributed by atoms with van der Waals surface area (Å²) in [6.07, 6.45) is 5.90. The van der Waals surface area contributed by atoms with Crippen LogP contribution >= 0.6 is 0 Å². The van der Waals surface area contributed by atoms with Gasteiger partial charge in [0.15, 0.2) is 0 Å². The molecule has 0 unspecified atom stereocenters. The molecule has 0 fully saturated rings. The molecule has 0 bridgehead atoms. The summed E-state index contributed by atoms with van der Waals surface area (Å²) in [6, 6.07) is 25.5. The van der Waals surface area contributed by atoms with Gasteiger partial charge in [-0.1, -0.05) is 0 Å². The van der Waals surface area contributed by atoms with Crippen LogP contribution in [0.4, 0.5) is 8.78 Å². The van der Waals surface area contributed by atoms with Crippen molar-refractivity contribution in [3.63, 3.8) is 0 Å². The molecule has 0 radical (unpaired) electrons. The summed E-state index contributed by atoms with van der Waals surface area (Å²) in [5, 5.41) is 0. The third-order valence-corrected chi connectivity index (χ3v) is 15.1. The molecule has 4 aromatic rings. The molecule has 198 valence electrons. The van der Waals surface area contributed by atoms with Crippen molar-refractivity contribution in [1.82, 2.24) is 0 Å². The van der Waals surface area contributed by atoms with Gasteiger partial charge in [-0.2, -0.15) is 0 Å². The van der Waals surface area contributed by atoms with E-state index in [2.05, 4.69) is 4.82 Å². The Morgan fingerprint density at radius 2 is 1.15 bits per heavy atom. The van der Waals surface area contributed by atoms with E-state index in [1.165, 1.54) is 48.5 Å². The van der Waals surface area contributed by atoms with Crippen molar-refractivity contribution < 1.29 is 40.6 Å². The monoisotopic (exact) mass is 570 g/mol. The Balaban J connectivity index is 1.61. The van der Waals surface area contributed by atoms with Gasteiger partial charge in [0.2, 0.25) is 0 Å². The van der Waals surface area contributed by atoms with E-state index in [1.54, 1.807) is 0 Å². The van der Waals surface area contributed by atoms with E-state index >= 15 is 0 Å². The van der Waals surface area contributed by atoms with Crippen LogP contribution < -0.4 is 0 Å². The number of hydrogen-bond donors (Lipinski definition) is 0. The van der Waals surface area contributed by atoms with Crippen molar-refractivity contribution in [2.75, 3.05) is 0 Å². The molecule has 2 aliphatic rings. The Labute approximate surface area is 231 Å². The predicted octanol–water partition coefficient (Wildman–Crippen LogP) is 7.54. The zero-order valence-corrected chi connectivity index (χ0v) is 22.9. The van der Waals surface area contributed by atoms with Crippen molar-refractivity contribution >= 4 is 16.8 Å². The van der Waals surface area contributed by atoms with Crippen LogP contribution in [0.25, 0.3) is 11.1 Å². The van der Waals surface area contributed by atoms with Crippen molar-refractivity contribution in [2.24, 2.45) is 0 Å². The average molecular weight is 570 g/mol. The molecule has 0 heterocycles. The van der Waals surface area contributed by atoms with E-state index in [0.717, 1.165) is 22.3 Å². The average Bonchev–Trinajstić information content (AvgIpc) is 3.62. The van der Waals surface area contributed by atoms with Crippen LogP contribution in [0.1, 0.15) is 42.5 Å². The van der Waals surface area contributed by atoms with E-state index in [4.69, 9.17) is 6.64 Å². The van der Waals surface area contributed by atoms with Gasteiger partial charge in [0.1, 0.15) is 0 Å². The normalized spacial score (nSPS) is 14.3. The Morgan fingerprint density at radius 3 is 1.57 bits per heavy atom. The van der Waals surface area contributed by atoms with Crippen LogP contribution in [-0.2, 0) is 22.3 Å². The van der Waals surface area contributed by atoms with Crippen molar-refractivity contribution in [2.45, 2.75) is 10.6 Å². The summed E-state index contributed by atoms with van der Waals surface area (Å²) < 4.78 is 40.4. The second-order valence-corrected chi connectivity index (χ2v) is 16.8. The maximum atomic E-state index is 13.9. The first-order valence-electron chi connectivity index (χ1n) is 12.8. The summed E-state index contributed by atoms with van der Waals surface area (Å²) >= 11 is -5.82. The number of hydrogen-bond acceptors (Lipinski definition) is 4. The van der Waals surface area contributed by atoms with Gasteiger partial charge in [0, 0.05) is 0 Å². The predicted molar refractivity (Wildman–Crippen MR) is 146 cm³/mol. The Kier molecular flexibility index (Phi) is 6.33. The van der Waals surface area contributed by atoms with Gasteiger partial charge in [-0.05, 0) is 0 Å². The summed E-state index contributed by atoms with van der Waals surface area (Å²) in [5.74, 6) is -2.54. The van der Waals surface area contributed by atoms with Crippen LogP contribution in [0, 0.1) is 11.6 Å². The van der Waals surface area contributed by atoms with E-state index in [0.29, 0.717) is 10.3 Å². The fraction of sp³-hybridized carbons (Fsp3) is 0.0606. The standard InChI is InChI=1S/C13H9.2C7H5FO2.C5H5.CH2.Ti/c1-3-7-12-10(5-1)9-11-6-2-4-8-13(11)12;2*8-6-3-1-5(2-4-6)7(9)10;1-2-4-5-3-1;;/h1-9H;2*1-4H,(H,9,10);1-3H,4H2;1H2;/q;;;;;+2/p-2. The Hall–Kier alpha value is -4.26. The SMILES string of the molecule is [CH2]=[Ti]([O]C(=O)c1ccc(F)cc1)([O]C(=O)c1ccc(F)cc1)([C]1=CC=CC1)[CH]1c2ccccc2-c2ccccc21. The summed E-state index contributed by atoms with van der Waals surface area (Å²) in [6.45, 7) is 0. The third-order valence-electron chi connectivity index (χ3n) is 7.66. The Bertz CT molecular complexity index is 1680. The van der Waals surface area contributed by atoms with Gasteiger partial charge in [-0.15, -0.1) is 0 Å². The van der Waals surface area contributed by atoms with Gasteiger partial charge >= 0.3 is 232 Å². The van der Waals surface area contributed by atoms with Crippen LogP contribution in [0.2, 0.25) is 0 Å². The molecular weight excluding hydrogens is 546 g/mol. The number of carbonyl (C=O) groups is 2. The molecule has 7 heteroatoms. The van der Waals surface area contributed by atoms with Crippen LogP contribution in [0.15, 0.2) is 119 Å². The number of fused-ring (bicyclic) bond motifs is 3. The summed E-state index contributed by atoms with van der Waals surface area (Å²) in [4.78, 5) is 32.4. The molecule has 2 aliphatic carbocycles. The second-order valence-electron chi connectivity index (χ2n) is 10.1. The zero-order valence-electron chi connectivity index (χ0n) is 21.4. The molecule has 0 aromatic heterocycles. The minimum atomic E-state index is -5.82. The van der Waals surface area contributed by atoms with E-state index in [9.17, 15) is 18.4 Å². The molecule has 0 atom stereocenters. The Morgan fingerprint density at radius 1 is 0.700 bits per heavy atom. The van der Waals surface area contributed by atoms with Crippen molar-refractivity contribution in [3.8, 4) is 11.1 Å². The maximum absolute atomic E-state index is 13.9. The van der Waals surface area contributed by atoms with E-state index in [-0.39, 0.29) is 11.1 Å². The van der Waals surface area contributed by atoms with Crippen LogP contribution in [0.3, 0.4) is 0 Å². The zero-order chi connectivity index (χ0) is 27.9. The fourth-order valence-corrected chi connectivity index (χ4v) is 13.1. The summed E-state index contributed by atoms with van der Waals surface area (Å²) in [5.41, 5.74) is 3.74. The fourth-order valence-electron chi connectivity index (χ4n) is 5.77. The van der Waals surface area contributed by atoms with Gasteiger partial charge in [-0.25, -0.2) is 0 Å². The third kappa shape index (κ3) is 4.21. The first-order valence-corrected chi connectivity index (χ1v) is 16.9. The molecule has 6 rings (SSSR count).